The lowest BCUT2D eigenvalue weighted by Crippen LogP contribution is -2.41. The Hall–Kier alpha value is -1.57. The summed E-state index contributed by atoms with van der Waals surface area (Å²) < 4.78 is 33.0. The Balaban J connectivity index is 1.73. The smallest absolute Gasteiger partial charge is 0.380 e. The van der Waals surface area contributed by atoms with E-state index >= 15 is 0 Å². The quantitative estimate of drug-likeness (QED) is 0.767. The van der Waals surface area contributed by atoms with Gasteiger partial charge >= 0.3 is 10.3 Å². The minimum absolute atomic E-state index is 0.0561. The van der Waals surface area contributed by atoms with Crippen molar-refractivity contribution in [1.29, 1.82) is 0 Å². The van der Waals surface area contributed by atoms with Gasteiger partial charge in [0.1, 0.15) is 0 Å². The number of hydrogen-bond donors (Lipinski definition) is 2. The molecule has 0 spiro atoms. The third-order valence-corrected chi connectivity index (χ3v) is 7.36. The zero-order valence-electron chi connectivity index (χ0n) is 15.8. The molecule has 1 aromatic rings. The molecule has 0 saturated heterocycles. The first kappa shape index (κ1) is 18.8. The summed E-state index contributed by atoms with van der Waals surface area (Å²) >= 11 is 0. The molecule has 4 rings (SSSR count). The van der Waals surface area contributed by atoms with Crippen molar-refractivity contribution in [3.05, 3.63) is 34.9 Å². The van der Waals surface area contributed by atoms with Crippen LogP contribution in [0.15, 0.2) is 23.8 Å². The molecule has 0 aliphatic heterocycles. The fourth-order valence-electron chi connectivity index (χ4n) is 5.71. The van der Waals surface area contributed by atoms with Gasteiger partial charge in [0, 0.05) is 5.41 Å². The molecule has 4 atom stereocenters. The second-order valence-corrected chi connectivity index (χ2v) is 9.14. The molecular weight excluding hydrogens is 366 g/mol. The lowest BCUT2D eigenvalue weighted by molar-refractivity contribution is 0.0311. The van der Waals surface area contributed by atoms with E-state index in [0.29, 0.717) is 17.6 Å². The average molecular weight is 394 g/mol. The number of nitrogens with two attached hydrogens (primary N) is 1. The third-order valence-electron chi connectivity index (χ3n) is 6.95. The van der Waals surface area contributed by atoms with E-state index < -0.39 is 10.3 Å². The molecule has 148 valence electrons. The zero-order chi connectivity index (χ0) is 19.4. The number of aliphatic hydroxyl groups excluding tert-OH is 1. The van der Waals surface area contributed by atoms with Gasteiger partial charge in [-0.05, 0) is 73.6 Å². The van der Waals surface area contributed by atoms with Gasteiger partial charge in [-0.3, -0.25) is 0 Å². The average Bonchev–Trinajstić information content (AvgIpc) is 2.96. The van der Waals surface area contributed by atoms with E-state index in [1.807, 2.05) is 6.07 Å². The molecule has 7 heteroatoms. The number of methoxy groups -OCH3 is 1. The second-order valence-electron chi connectivity index (χ2n) is 7.99. The Bertz CT molecular complexity index is 894. The second kappa shape index (κ2) is 6.50. The van der Waals surface area contributed by atoms with E-state index in [0.717, 1.165) is 44.1 Å². The van der Waals surface area contributed by atoms with Gasteiger partial charge in [-0.1, -0.05) is 18.6 Å². The Labute approximate surface area is 160 Å². The summed E-state index contributed by atoms with van der Waals surface area (Å²) in [6, 6.07) is 3.67. The van der Waals surface area contributed by atoms with E-state index in [9.17, 15) is 13.5 Å². The Kier molecular flexibility index (Phi) is 4.52. The summed E-state index contributed by atoms with van der Waals surface area (Å²) in [6.45, 7) is 2.18. The van der Waals surface area contributed by atoms with Gasteiger partial charge in [-0.15, -0.1) is 0 Å². The predicted octanol–water partition coefficient (Wildman–Crippen LogP) is 2.80. The van der Waals surface area contributed by atoms with Crippen molar-refractivity contribution in [2.24, 2.45) is 16.5 Å². The van der Waals surface area contributed by atoms with Gasteiger partial charge in [0.15, 0.2) is 11.5 Å². The number of ether oxygens (including phenoxy) is 1. The monoisotopic (exact) mass is 393 g/mol. The van der Waals surface area contributed by atoms with Gasteiger partial charge in [0.05, 0.1) is 13.2 Å². The van der Waals surface area contributed by atoms with Crippen LogP contribution in [0.2, 0.25) is 0 Å². The molecule has 1 saturated carbocycles. The minimum Gasteiger partial charge on any atom is -0.493 e. The van der Waals surface area contributed by atoms with Crippen LogP contribution in [0.4, 0.5) is 0 Å². The van der Waals surface area contributed by atoms with E-state index in [-0.39, 0.29) is 17.3 Å². The van der Waals surface area contributed by atoms with Crippen LogP contribution in [0.3, 0.4) is 0 Å². The third kappa shape index (κ3) is 2.96. The Morgan fingerprint density at radius 2 is 2.04 bits per heavy atom. The molecule has 0 radical (unpaired) electrons. The largest absolute Gasteiger partial charge is 0.493 e. The van der Waals surface area contributed by atoms with Gasteiger partial charge in [-0.2, -0.15) is 13.6 Å². The maximum atomic E-state index is 11.4. The number of aliphatic hydroxyl groups is 1. The molecule has 6 nitrogen and oxygen atoms in total. The number of fused-ring (bicyclic) bond motifs is 5. The van der Waals surface area contributed by atoms with E-state index in [4.69, 9.17) is 14.1 Å². The van der Waals surface area contributed by atoms with Crippen molar-refractivity contribution in [3.63, 3.8) is 0 Å². The topological polar surface area (TPSA) is 98.9 Å². The van der Waals surface area contributed by atoms with Gasteiger partial charge in [-0.25, -0.2) is 0 Å². The van der Waals surface area contributed by atoms with Crippen LogP contribution >= 0.6 is 0 Å². The summed E-state index contributed by atoms with van der Waals surface area (Å²) in [5.74, 6) is 1.32. The molecule has 3 aliphatic carbocycles. The van der Waals surface area contributed by atoms with Crippen LogP contribution in [-0.4, -0.2) is 26.7 Å². The molecule has 1 fully saturated rings. The molecule has 0 amide bonds. The summed E-state index contributed by atoms with van der Waals surface area (Å²) in [6.07, 6.45) is 7.57. The normalized spacial score (nSPS) is 32.1. The van der Waals surface area contributed by atoms with Gasteiger partial charge in [0.2, 0.25) is 0 Å². The van der Waals surface area contributed by atoms with Crippen LogP contribution in [0.5, 0.6) is 11.5 Å². The fraction of sp³-hybridized carbons (Fsp3) is 0.600. The van der Waals surface area contributed by atoms with Gasteiger partial charge < -0.3 is 14.0 Å². The highest BCUT2D eigenvalue weighted by Gasteiger charge is 2.51. The predicted molar refractivity (Wildman–Crippen MR) is 102 cm³/mol. The molecule has 27 heavy (non-hydrogen) atoms. The Morgan fingerprint density at radius 3 is 2.70 bits per heavy atom. The summed E-state index contributed by atoms with van der Waals surface area (Å²) in [5.41, 5.74) is 3.68. The van der Waals surface area contributed by atoms with E-state index in [1.54, 1.807) is 6.07 Å². The summed E-state index contributed by atoms with van der Waals surface area (Å²) in [4.78, 5) is 0. The lowest BCUT2D eigenvalue weighted by atomic mass is 9.56. The first-order valence-corrected chi connectivity index (χ1v) is 11.1. The molecular formula is C20H27NO5S. The molecule has 2 unspecified atom stereocenters. The fourth-order valence-corrected chi connectivity index (χ4v) is 6.09. The molecule has 0 heterocycles. The maximum Gasteiger partial charge on any atom is 0.380 e. The van der Waals surface area contributed by atoms with Crippen molar-refractivity contribution >= 4 is 10.3 Å². The van der Waals surface area contributed by atoms with Crippen LogP contribution in [0, 0.1) is 11.3 Å². The standard InChI is InChI=1S/C20H27NO5S/c1-3-20-9-8-13-14(16(20)6-7-19(20)22)5-4-12-10-18(26-27(21,23)24)17(25-2)11-15(12)13/h6,10-11,13-14,19,22H,3-5,7-9H2,1-2H3,(H2,21,23,24)/t13?,14?,19-,20-/m0/s1. The van der Waals surface area contributed by atoms with Crippen LogP contribution in [-0.2, 0) is 16.7 Å². The van der Waals surface area contributed by atoms with Crippen molar-refractivity contribution in [2.75, 3.05) is 7.11 Å². The zero-order valence-corrected chi connectivity index (χ0v) is 16.6. The molecule has 0 aromatic heterocycles. The van der Waals surface area contributed by atoms with Crippen molar-refractivity contribution in [2.45, 2.75) is 57.5 Å². The molecule has 1 aromatic carbocycles. The van der Waals surface area contributed by atoms with Crippen molar-refractivity contribution in [1.82, 2.24) is 0 Å². The Morgan fingerprint density at radius 1 is 1.26 bits per heavy atom. The maximum absolute atomic E-state index is 11.4. The highest BCUT2D eigenvalue weighted by atomic mass is 32.2. The van der Waals surface area contributed by atoms with Crippen LogP contribution < -0.4 is 14.1 Å². The number of hydrogen-bond acceptors (Lipinski definition) is 5. The highest BCUT2D eigenvalue weighted by molar-refractivity contribution is 7.84. The number of rotatable bonds is 4. The summed E-state index contributed by atoms with van der Waals surface area (Å²) in [5, 5.41) is 15.7. The molecule has 3 aliphatic rings. The van der Waals surface area contributed by atoms with Gasteiger partial charge in [0.25, 0.3) is 0 Å². The highest BCUT2D eigenvalue weighted by Crippen LogP contribution is 2.60. The lowest BCUT2D eigenvalue weighted by Gasteiger charge is -2.49. The molecule has 0 bridgehead atoms. The first-order chi connectivity index (χ1) is 12.8. The van der Waals surface area contributed by atoms with Crippen LogP contribution in [0.25, 0.3) is 0 Å². The van der Waals surface area contributed by atoms with E-state index in [2.05, 4.69) is 13.0 Å². The first-order valence-electron chi connectivity index (χ1n) is 9.60. The van der Waals surface area contributed by atoms with Crippen molar-refractivity contribution in [3.8, 4) is 11.5 Å². The summed E-state index contributed by atoms with van der Waals surface area (Å²) in [7, 11) is -2.61. The van der Waals surface area contributed by atoms with Crippen LogP contribution in [0.1, 0.15) is 56.1 Å². The van der Waals surface area contributed by atoms with E-state index in [1.165, 1.54) is 18.2 Å². The number of aryl methyl sites for hydroxylation is 1. The number of benzene rings is 1. The SMILES string of the molecule is CC[C@]12CCC3c4cc(OC)c(OS(N)(=O)=O)cc4CCC3C1=CC[C@@H]2O. The minimum atomic E-state index is -4.11. The van der Waals surface area contributed by atoms with Crippen molar-refractivity contribution < 1.29 is 22.4 Å². The molecule has 3 N–H and O–H groups in total.